The Morgan fingerprint density at radius 2 is 1.95 bits per heavy atom. The van der Waals surface area contributed by atoms with Crippen LogP contribution in [0.2, 0.25) is 0 Å². The first kappa shape index (κ1) is 16.4. The highest BCUT2D eigenvalue weighted by molar-refractivity contribution is 5.80. The van der Waals surface area contributed by atoms with E-state index in [2.05, 4.69) is 16.6 Å². The molecule has 2 N–H and O–H groups in total. The normalized spacial score (nSPS) is 22.5. The van der Waals surface area contributed by atoms with E-state index >= 15 is 0 Å². The Bertz CT molecular complexity index is 393. The summed E-state index contributed by atoms with van der Waals surface area (Å²) < 4.78 is 5.24. The van der Waals surface area contributed by atoms with E-state index in [0.717, 1.165) is 25.7 Å². The summed E-state index contributed by atoms with van der Waals surface area (Å²) in [7, 11) is 0. The van der Waals surface area contributed by atoms with Crippen molar-refractivity contribution >= 4 is 12.0 Å². The van der Waals surface area contributed by atoms with Gasteiger partial charge in [0.05, 0.1) is 12.5 Å². The molecule has 1 fully saturated rings. The van der Waals surface area contributed by atoms with Crippen molar-refractivity contribution in [3.05, 3.63) is 0 Å². The molecule has 2 amide bonds. The maximum absolute atomic E-state index is 12.0. The first-order chi connectivity index (χ1) is 9.33. The Morgan fingerprint density at radius 3 is 2.55 bits per heavy atom. The molecule has 0 heterocycles. The van der Waals surface area contributed by atoms with Crippen molar-refractivity contribution in [1.29, 1.82) is 0 Å². The second kappa shape index (κ2) is 7.18. The monoisotopic (exact) mass is 280 g/mol. The first-order valence-corrected chi connectivity index (χ1v) is 7.04. The van der Waals surface area contributed by atoms with E-state index in [9.17, 15) is 9.59 Å². The maximum Gasteiger partial charge on any atom is 0.407 e. The van der Waals surface area contributed by atoms with Gasteiger partial charge in [-0.15, -0.1) is 6.42 Å². The minimum absolute atomic E-state index is 0.0938. The van der Waals surface area contributed by atoms with Crippen LogP contribution in [0.1, 0.15) is 46.5 Å². The van der Waals surface area contributed by atoms with Gasteiger partial charge in [-0.1, -0.05) is 18.8 Å². The smallest absolute Gasteiger partial charge is 0.407 e. The number of carbonyl (C=O) groups excluding carboxylic acids is 2. The minimum Gasteiger partial charge on any atom is -0.444 e. The third-order valence-corrected chi connectivity index (χ3v) is 3.17. The van der Waals surface area contributed by atoms with Gasteiger partial charge in [0.1, 0.15) is 5.60 Å². The van der Waals surface area contributed by atoms with Crippen molar-refractivity contribution in [2.75, 3.05) is 6.54 Å². The number of ether oxygens (including phenoxy) is 1. The second-order valence-electron chi connectivity index (χ2n) is 6.07. The van der Waals surface area contributed by atoms with Crippen LogP contribution < -0.4 is 10.6 Å². The van der Waals surface area contributed by atoms with Crippen molar-refractivity contribution < 1.29 is 14.3 Å². The molecule has 2 atom stereocenters. The number of terminal acetylenes is 1. The number of nitrogens with one attached hydrogen (secondary N) is 2. The quantitative estimate of drug-likeness (QED) is 0.775. The van der Waals surface area contributed by atoms with E-state index in [0.29, 0.717) is 0 Å². The van der Waals surface area contributed by atoms with E-state index in [1.165, 1.54) is 0 Å². The summed E-state index contributed by atoms with van der Waals surface area (Å²) in [6, 6.07) is -0.184. The highest BCUT2D eigenvalue weighted by atomic mass is 16.6. The molecule has 0 bridgehead atoms. The molecule has 0 saturated heterocycles. The van der Waals surface area contributed by atoms with Crippen LogP contribution in [0, 0.1) is 18.3 Å². The molecule has 1 aliphatic carbocycles. The van der Waals surface area contributed by atoms with E-state index in [-0.39, 0.29) is 24.4 Å². The number of carbonyl (C=O) groups is 2. The van der Waals surface area contributed by atoms with Crippen molar-refractivity contribution in [3.8, 4) is 12.3 Å². The number of rotatable bonds is 3. The largest absolute Gasteiger partial charge is 0.444 e. The summed E-state index contributed by atoms with van der Waals surface area (Å²) in [5, 5.41) is 5.50. The van der Waals surface area contributed by atoms with Crippen LogP contribution in [0.5, 0.6) is 0 Å². The molecule has 0 unspecified atom stereocenters. The van der Waals surface area contributed by atoms with Crippen LogP contribution in [0.15, 0.2) is 0 Å². The molecule has 0 spiro atoms. The predicted molar refractivity (Wildman–Crippen MR) is 77.0 cm³/mol. The number of hydrogen-bond donors (Lipinski definition) is 2. The summed E-state index contributed by atoms with van der Waals surface area (Å²) in [5.74, 6) is 2.05. The van der Waals surface area contributed by atoms with E-state index < -0.39 is 11.7 Å². The van der Waals surface area contributed by atoms with Crippen LogP contribution in [-0.2, 0) is 9.53 Å². The van der Waals surface area contributed by atoms with Gasteiger partial charge in [0.25, 0.3) is 0 Å². The molecule has 0 radical (unpaired) electrons. The lowest BCUT2D eigenvalue weighted by Crippen LogP contribution is -2.49. The van der Waals surface area contributed by atoms with Crippen LogP contribution >= 0.6 is 0 Å². The van der Waals surface area contributed by atoms with Gasteiger partial charge in [-0.3, -0.25) is 4.79 Å². The average molecular weight is 280 g/mol. The summed E-state index contributed by atoms with van der Waals surface area (Å²) in [6.45, 7) is 5.65. The van der Waals surface area contributed by atoms with Crippen molar-refractivity contribution in [2.45, 2.75) is 58.1 Å². The van der Waals surface area contributed by atoms with Crippen LogP contribution in [0.3, 0.4) is 0 Å². The molecular formula is C15H24N2O3. The molecule has 5 nitrogen and oxygen atoms in total. The minimum atomic E-state index is -0.542. The predicted octanol–water partition coefficient (Wildman–Crippen LogP) is 1.82. The molecule has 1 rings (SSSR count). The Kier molecular flexibility index (Phi) is 5.87. The van der Waals surface area contributed by atoms with Gasteiger partial charge in [0.2, 0.25) is 5.91 Å². The lowest BCUT2D eigenvalue weighted by molar-refractivity contribution is -0.126. The molecule has 1 saturated carbocycles. The maximum atomic E-state index is 12.0. The summed E-state index contributed by atoms with van der Waals surface area (Å²) in [5.41, 5.74) is -0.542. The molecule has 0 aliphatic heterocycles. The van der Waals surface area contributed by atoms with E-state index in [1.54, 1.807) is 0 Å². The third kappa shape index (κ3) is 5.52. The molecule has 1 aliphatic rings. The average Bonchev–Trinajstić information content (AvgIpc) is 2.34. The van der Waals surface area contributed by atoms with Gasteiger partial charge in [-0.2, -0.15) is 0 Å². The fourth-order valence-electron chi connectivity index (χ4n) is 2.35. The highest BCUT2D eigenvalue weighted by Gasteiger charge is 2.32. The van der Waals surface area contributed by atoms with Gasteiger partial charge in [0, 0.05) is 6.04 Å². The Balaban J connectivity index is 2.58. The van der Waals surface area contributed by atoms with Crippen molar-refractivity contribution in [2.24, 2.45) is 5.92 Å². The van der Waals surface area contributed by atoms with Gasteiger partial charge in [-0.05, 0) is 33.6 Å². The Labute approximate surface area is 120 Å². The molecule has 0 aromatic heterocycles. The number of hydrogen-bond acceptors (Lipinski definition) is 3. The highest BCUT2D eigenvalue weighted by Crippen LogP contribution is 2.25. The topological polar surface area (TPSA) is 67.4 Å². The first-order valence-electron chi connectivity index (χ1n) is 7.04. The molecule has 0 aromatic carbocycles. The van der Waals surface area contributed by atoms with Crippen molar-refractivity contribution in [3.63, 3.8) is 0 Å². The van der Waals surface area contributed by atoms with Gasteiger partial charge < -0.3 is 15.4 Å². The Morgan fingerprint density at radius 1 is 1.30 bits per heavy atom. The lowest BCUT2D eigenvalue weighted by Gasteiger charge is -2.31. The lowest BCUT2D eigenvalue weighted by atomic mass is 9.84. The number of alkyl carbamates (subject to hydrolysis) is 1. The zero-order valence-electron chi connectivity index (χ0n) is 12.5. The van der Waals surface area contributed by atoms with Gasteiger partial charge in [0.15, 0.2) is 0 Å². The van der Waals surface area contributed by atoms with Crippen LogP contribution in [-0.4, -0.2) is 30.2 Å². The second-order valence-corrected chi connectivity index (χ2v) is 6.07. The van der Waals surface area contributed by atoms with Crippen LogP contribution in [0.4, 0.5) is 4.79 Å². The molecule has 0 aromatic rings. The molecular weight excluding hydrogens is 256 g/mol. The summed E-state index contributed by atoms with van der Waals surface area (Å²) >= 11 is 0. The summed E-state index contributed by atoms with van der Waals surface area (Å²) in [4.78, 5) is 23.8. The van der Waals surface area contributed by atoms with Gasteiger partial charge in [-0.25, -0.2) is 4.79 Å². The van der Waals surface area contributed by atoms with E-state index in [1.807, 2.05) is 20.8 Å². The van der Waals surface area contributed by atoms with E-state index in [4.69, 9.17) is 11.2 Å². The standard InChI is InChI=1S/C15H24N2O3/c1-5-10-16-13(18)11-8-6-7-9-12(11)17-14(19)20-15(2,3)4/h1,11-12H,6-10H2,2-4H3,(H,16,18)(H,17,19)/t11-,12-/m0/s1. The van der Waals surface area contributed by atoms with Crippen LogP contribution in [0.25, 0.3) is 0 Å². The van der Waals surface area contributed by atoms with Gasteiger partial charge >= 0.3 is 6.09 Å². The fraction of sp³-hybridized carbons (Fsp3) is 0.733. The third-order valence-electron chi connectivity index (χ3n) is 3.17. The Hall–Kier alpha value is -1.70. The zero-order chi connectivity index (χ0) is 15.2. The van der Waals surface area contributed by atoms with Crippen molar-refractivity contribution in [1.82, 2.24) is 10.6 Å². The molecule has 5 heteroatoms. The summed E-state index contributed by atoms with van der Waals surface area (Å²) in [6.07, 6.45) is 8.20. The zero-order valence-corrected chi connectivity index (χ0v) is 12.5. The number of amides is 2. The molecule has 112 valence electrons. The SMILES string of the molecule is C#CCNC(=O)[C@H]1CCCC[C@@H]1NC(=O)OC(C)(C)C. The fourth-order valence-corrected chi connectivity index (χ4v) is 2.35. The molecule has 20 heavy (non-hydrogen) atoms.